The SMILES string of the molecule is N#Cc1ccc(-c2ccc(OCC(=O)Nc3ccccc3Sc3ccccc3)cc2)cc1. The van der Waals surface area contributed by atoms with Gasteiger partial charge in [-0.1, -0.05) is 66.4 Å². The molecule has 5 heteroatoms. The summed E-state index contributed by atoms with van der Waals surface area (Å²) in [4.78, 5) is 14.5. The summed E-state index contributed by atoms with van der Waals surface area (Å²) in [5, 5.41) is 11.9. The first kappa shape index (κ1) is 21.2. The Labute approximate surface area is 191 Å². The van der Waals surface area contributed by atoms with Crippen molar-refractivity contribution >= 4 is 23.4 Å². The second kappa shape index (κ2) is 10.3. The number of carbonyl (C=O) groups excluding carboxylic acids is 1. The van der Waals surface area contributed by atoms with Crippen molar-refractivity contribution in [3.05, 3.63) is 109 Å². The Morgan fingerprint density at radius 2 is 1.44 bits per heavy atom. The van der Waals surface area contributed by atoms with Crippen molar-refractivity contribution in [1.82, 2.24) is 0 Å². The highest BCUT2D eigenvalue weighted by Crippen LogP contribution is 2.33. The molecule has 0 fully saturated rings. The van der Waals surface area contributed by atoms with Crippen molar-refractivity contribution in [3.8, 4) is 22.9 Å². The van der Waals surface area contributed by atoms with Crippen LogP contribution in [-0.4, -0.2) is 12.5 Å². The van der Waals surface area contributed by atoms with Gasteiger partial charge >= 0.3 is 0 Å². The largest absolute Gasteiger partial charge is 0.484 e. The fraction of sp³-hybridized carbons (Fsp3) is 0.0370. The zero-order chi connectivity index (χ0) is 22.2. The van der Waals surface area contributed by atoms with Crippen molar-refractivity contribution in [1.29, 1.82) is 5.26 Å². The fourth-order valence-electron chi connectivity index (χ4n) is 3.09. The highest BCUT2D eigenvalue weighted by atomic mass is 32.2. The van der Waals surface area contributed by atoms with Gasteiger partial charge in [-0.15, -0.1) is 0 Å². The molecular weight excluding hydrogens is 416 g/mol. The van der Waals surface area contributed by atoms with E-state index in [0.717, 1.165) is 26.6 Å². The standard InChI is InChI=1S/C27H20N2O2S/c28-18-20-10-12-21(13-11-20)22-14-16-23(17-15-22)31-19-27(30)29-25-8-4-5-9-26(25)32-24-6-2-1-3-7-24/h1-17H,19H2,(H,29,30). The highest BCUT2D eigenvalue weighted by Gasteiger charge is 2.09. The quantitative estimate of drug-likeness (QED) is 0.364. The summed E-state index contributed by atoms with van der Waals surface area (Å²) < 4.78 is 5.66. The van der Waals surface area contributed by atoms with Crippen LogP contribution in [0.3, 0.4) is 0 Å². The van der Waals surface area contributed by atoms with Crippen LogP contribution >= 0.6 is 11.8 Å². The van der Waals surface area contributed by atoms with Crippen LogP contribution in [0.5, 0.6) is 5.75 Å². The summed E-state index contributed by atoms with van der Waals surface area (Å²) in [7, 11) is 0. The molecule has 0 aliphatic rings. The number of rotatable bonds is 7. The van der Waals surface area contributed by atoms with E-state index in [1.165, 1.54) is 0 Å². The molecular formula is C27H20N2O2S. The minimum atomic E-state index is -0.220. The number of nitriles is 1. The molecule has 32 heavy (non-hydrogen) atoms. The third-order valence-corrected chi connectivity index (χ3v) is 5.79. The minimum absolute atomic E-state index is 0.0828. The lowest BCUT2D eigenvalue weighted by molar-refractivity contribution is -0.118. The molecule has 0 heterocycles. The summed E-state index contributed by atoms with van der Waals surface area (Å²) in [5.41, 5.74) is 3.41. The van der Waals surface area contributed by atoms with Crippen LogP contribution in [0.1, 0.15) is 5.56 Å². The predicted molar refractivity (Wildman–Crippen MR) is 128 cm³/mol. The number of hydrogen-bond acceptors (Lipinski definition) is 4. The number of amides is 1. The molecule has 0 spiro atoms. The lowest BCUT2D eigenvalue weighted by atomic mass is 10.0. The molecule has 0 bridgehead atoms. The number of carbonyl (C=O) groups is 1. The lowest BCUT2D eigenvalue weighted by Gasteiger charge is -2.12. The number of ether oxygens (including phenoxy) is 1. The Morgan fingerprint density at radius 3 is 2.12 bits per heavy atom. The van der Waals surface area contributed by atoms with Crippen LogP contribution in [0, 0.1) is 11.3 Å². The zero-order valence-corrected chi connectivity index (χ0v) is 18.0. The van der Waals surface area contributed by atoms with Gasteiger partial charge in [-0.2, -0.15) is 5.26 Å². The number of para-hydroxylation sites is 1. The minimum Gasteiger partial charge on any atom is -0.484 e. The van der Waals surface area contributed by atoms with Crippen molar-refractivity contribution in [3.63, 3.8) is 0 Å². The van der Waals surface area contributed by atoms with Gasteiger partial charge in [-0.05, 0) is 59.7 Å². The van der Waals surface area contributed by atoms with Crippen molar-refractivity contribution in [2.45, 2.75) is 9.79 Å². The number of hydrogen-bond donors (Lipinski definition) is 1. The molecule has 0 saturated heterocycles. The van der Waals surface area contributed by atoms with E-state index in [1.54, 1.807) is 23.9 Å². The Morgan fingerprint density at radius 1 is 0.812 bits per heavy atom. The summed E-state index contributed by atoms with van der Waals surface area (Å²) in [5.74, 6) is 0.395. The second-order valence-corrected chi connectivity index (χ2v) is 8.08. The van der Waals surface area contributed by atoms with E-state index in [1.807, 2.05) is 91.0 Å². The maximum atomic E-state index is 12.5. The van der Waals surface area contributed by atoms with E-state index >= 15 is 0 Å². The molecule has 1 N–H and O–H groups in total. The van der Waals surface area contributed by atoms with Crippen LogP contribution in [-0.2, 0) is 4.79 Å². The zero-order valence-electron chi connectivity index (χ0n) is 17.2. The number of nitrogens with one attached hydrogen (secondary N) is 1. The molecule has 4 aromatic rings. The van der Waals surface area contributed by atoms with Gasteiger partial charge in [0.15, 0.2) is 6.61 Å². The van der Waals surface area contributed by atoms with Crippen LogP contribution in [0.25, 0.3) is 11.1 Å². The normalized spacial score (nSPS) is 10.2. The predicted octanol–water partition coefficient (Wildman–Crippen LogP) is 6.39. The molecule has 4 aromatic carbocycles. The smallest absolute Gasteiger partial charge is 0.262 e. The van der Waals surface area contributed by atoms with Gasteiger partial charge < -0.3 is 10.1 Å². The molecule has 0 aliphatic carbocycles. The van der Waals surface area contributed by atoms with Gasteiger partial charge in [0.25, 0.3) is 5.91 Å². The van der Waals surface area contributed by atoms with E-state index in [0.29, 0.717) is 11.3 Å². The van der Waals surface area contributed by atoms with Crippen LogP contribution in [0.15, 0.2) is 113 Å². The molecule has 156 valence electrons. The summed E-state index contributed by atoms with van der Waals surface area (Å²) in [6.45, 7) is -0.0828. The van der Waals surface area contributed by atoms with E-state index in [4.69, 9.17) is 10.00 Å². The molecule has 0 saturated carbocycles. The first-order valence-corrected chi connectivity index (χ1v) is 10.9. The van der Waals surface area contributed by atoms with Crippen LogP contribution < -0.4 is 10.1 Å². The average molecular weight is 437 g/mol. The second-order valence-electron chi connectivity index (χ2n) is 6.96. The molecule has 4 nitrogen and oxygen atoms in total. The molecule has 0 radical (unpaired) electrons. The topological polar surface area (TPSA) is 62.1 Å². The van der Waals surface area contributed by atoms with E-state index < -0.39 is 0 Å². The first-order chi connectivity index (χ1) is 15.7. The molecule has 4 rings (SSSR count). The van der Waals surface area contributed by atoms with Crippen molar-refractivity contribution < 1.29 is 9.53 Å². The van der Waals surface area contributed by atoms with Gasteiger partial charge in [0.1, 0.15) is 5.75 Å². The van der Waals surface area contributed by atoms with Gasteiger partial charge in [-0.3, -0.25) is 4.79 Å². The maximum Gasteiger partial charge on any atom is 0.262 e. The van der Waals surface area contributed by atoms with Crippen molar-refractivity contribution in [2.24, 2.45) is 0 Å². The van der Waals surface area contributed by atoms with Crippen LogP contribution in [0.4, 0.5) is 5.69 Å². The monoisotopic (exact) mass is 436 g/mol. The maximum absolute atomic E-state index is 12.5. The van der Waals surface area contributed by atoms with E-state index in [2.05, 4.69) is 11.4 Å². The van der Waals surface area contributed by atoms with Gasteiger partial charge in [-0.25, -0.2) is 0 Å². The Hall–Kier alpha value is -4.01. The van der Waals surface area contributed by atoms with E-state index in [-0.39, 0.29) is 12.5 Å². The summed E-state index contributed by atoms with van der Waals surface area (Å²) in [6.07, 6.45) is 0. The van der Waals surface area contributed by atoms with Gasteiger partial charge in [0, 0.05) is 9.79 Å². The molecule has 1 amide bonds. The Kier molecular flexibility index (Phi) is 6.86. The third-order valence-electron chi connectivity index (χ3n) is 4.70. The van der Waals surface area contributed by atoms with Gasteiger partial charge in [0.05, 0.1) is 17.3 Å². The number of anilines is 1. The summed E-state index contributed by atoms with van der Waals surface area (Å²) in [6, 6.07) is 34.8. The Balaban J connectivity index is 1.35. The van der Waals surface area contributed by atoms with Gasteiger partial charge in [0.2, 0.25) is 0 Å². The molecule has 0 aromatic heterocycles. The number of benzene rings is 4. The summed E-state index contributed by atoms with van der Waals surface area (Å²) >= 11 is 1.60. The molecule has 0 aliphatic heterocycles. The first-order valence-electron chi connectivity index (χ1n) is 10.1. The number of nitrogens with zero attached hydrogens (tertiary/aromatic N) is 1. The third kappa shape index (κ3) is 5.57. The molecule has 0 atom stereocenters. The molecule has 0 unspecified atom stereocenters. The fourth-order valence-corrected chi connectivity index (χ4v) is 4.01. The van der Waals surface area contributed by atoms with E-state index in [9.17, 15) is 4.79 Å². The van der Waals surface area contributed by atoms with Crippen LogP contribution in [0.2, 0.25) is 0 Å². The van der Waals surface area contributed by atoms with Crippen molar-refractivity contribution in [2.75, 3.05) is 11.9 Å². The lowest BCUT2D eigenvalue weighted by Crippen LogP contribution is -2.20. The average Bonchev–Trinajstić information content (AvgIpc) is 2.85. The Bertz CT molecular complexity index is 1230. The highest BCUT2D eigenvalue weighted by molar-refractivity contribution is 7.99.